The number of hydrogen-bond donors (Lipinski definition) is 2. The van der Waals surface area contributed by atoms with Gasteiger partial charge in [0.25, 0.3) is 0 Å². The van der Waals surface area contributed by atoms with Gasteiger partial charge in [0, 0.05) is 5.02 Å². The quantitative estimate of drug-likeness (QED) is 0.827. The van der Waals surface area contributed by atoms with E-state index in [1.165, 1.54) is 0 Å². The minimum Gasteiger partial charge on any atom is -0.389 e. The second kappa shape index (κ2) is 5.13. The van der Waals surface area contributed by atoms with Crippen molar-refractivity contribution in [1.82, 2.24) is 0 Å². The molecule has 0 radical (unpaired) electrons. The van der Waals surface area contributed by atoms with E-state index in [1.807, 2.05) is 13.0 Å². The third-order valence-electron chi connectivity index (χ3n) is 2.19. The van der Waals surface area contributed by atoms with Crippen LogP contribution in [0.5, 0.6) is 0 Å². The van der Waals surface area contributed by atoms with Crippen molar-refractivity contribution in [2.75, 3.05) is 0 Å². The summed E-state index contributed by atoms with van der Waals surface area (Å²) in [6.07, 6.45) is -2.20. The summed E-state index contributed by atoms with van der Waals surface area (Å²) >= 11 is 5.83. The summed E-state index contributed by atoms with van der Waals surface area (Å²) in [7, 11) is 0. The van der Waals surface area contributed by atoms with E-state index < -0.39 is 12.2 Å². The highest BCUT2D eigenvalue weighted by molar-refractivity contribution is 6.31. The van der Waals surface area contributed by atoms with E-state index in [4.69, 9.17) is 16.9 Å². The van der Waals surface area contributed by atoms with Gasteiger partial charge in [-0.2, -0.15) is 5.26 Å². The fraction of sp³-hybridized carbons (Fsp3) is 0.364. The molecule has 0 aliphatic carbocycles. The second-order valence-corrected chi connectivity index (χ2v) is 3.79. The highest BCUT2D eigenvalue weighted by Gasteiger charge is 2.18. The van der Waals surface area contributed by atoms with E-state index in [1.54, 1.807) is 18.2 Å². The molecule has 4 heteroatoms. The number of halogens is 1. The molecule has 2 atom stereocenters. The SMILES string of the molecule is Cc1cc(C(O)C(O)CC#N)ccc1Cl. The lowest BCUT2D eigenvalue weighted by molar-refractivity contribution is 0.0216. The number of benzene rings is 1. The van der Waals surface area contributed by atoms with E-state index in [2.05, 4.69) is 0 Å². The van der Waals surface area contributed by atoms with E-state index >= 15 is 0 Å². The van der Waals surface area contributed by atoms with Crippen LogP contribution in [-0.2, 0) is 0 Å². The Morgan fingerprint density at radius 1 is 1.47 bits per heavy atom. The van der Waals surface area contributed by atoms with Gasteiger partial charge >= 0.3 is 0 Å². The third kappa shape index (κ3) is 2.93. The number of nitriles is 1. The van der Waals surface area contributed by atoms with E-state index in [-0.39, 0.29) is 6.42 Å². The van der Waals surface area contributed by atoms with Gasteiger partial charge in [0.2, 0.25) is 0 Å². The third-order valence-corrected chi connectivity index (χ3v) is 2.61. The summed E-state index contributed by atoms with van der Waals surface area (Å²) < 4.78 is 0. The first kappa shape index (κ1) is 12.0. The van der Waals surface area contributed by atoms with Crippen LogP contribution in [0.3, 0.4) is 0 Å². The summed E-state index contributed by atoms with van der Waals surface area (Å²) in [5, 5.41) is 28.1. The van der Waals surface area contributed by atoms with Crippen molar-refractivity contribution in [1.29, 1.82) is 5.26 Å². The van der Waals surface area contributed by atoms with Crippen LogP contribution in [0.2, 0.25) is 5.02 Å². The molecule has 1 rings (SSSR count). The van der Waals surface area contributed by atoms with Crippen molar-refractivity contribution < 1.29 is 10.2 Å². The first-order valence-electron chi connectivity index (χ1n) is 4.55. The molecule has 15 heavy (non-hydrogen) atoms. The van der Waals surface area contributed by atoms with Crippen LogP contribution in [0, 0.1) is 18.3 Å². The van der Waals surface area contributed by atoms with Crippen molar-refractivity contribution in [3.05, 3.63) is 34.3 Å². The van der Waals surface area contributed by atoms with Crippen LogP contribution in [0.15, 0.2) is 18.2 Å². The Bertz CT molecular complexity index is 387. The molecule has 2 unspecified atom stereocenters. The Balaban J connectivity index is 2.87. The Hall–Kier alpha value is -1.08. The maximum atomic E-state index is 9.69. The van der Waals surface area contributed by atoms with Gasteiger partial charge in [-0.05, 0) is 24.1 Å². The molecule has 0 aromatic heterocycles. The van der Waals surface area contributed by atoms with Crippen LogP contribution in [-0.4, -0.2) is 16.3 Å². The molecule has 3 nitrogen and oxygen atoms in total. The molecule has 80 valence electrons. The molecule has 0 fully saturated rings. The van der Waals surface area contributed by atoms with Gasteiger partial charge in [0.05, 0.1) is 18.6 Å². The van der Waals surface area contributed by atoms with Crippen molar-refractivity contribution in [2.45, 2.75) is 25.6 Å². The van der Waals surface area contributed by atoms with Crippen LogP contribution >= 0.6 is 11.6 Å². The minimum atomic E-state index is -1.06. The zero-order chi connectivity index (χ0) is 11.4. The first-order valence-corrected chi connectivity index (χ1v) is 4.93. The Morgan fingerprint density at radius 2 is 2.13 bits per heavy atom. The van der Waals surface area contributed by atoms with Crippen LogP contribution in [0.4, 0.5) is 0 Å². The van der Waals surface area contributed by atoms with Crippen molar-refractivity contribution in [3.8, 4) is 6.07 Å². The van der Waals surface area contributed by atoms with Crippen molar-refractivity contribution in [3.63, 3.8) is 0 Å². The Morgan fingerprint density at radius 3 is 2.67 bits per heavy atom. The number of hydrogen-bond acceptors (Lipinski definition) is 3. The predicted molar refractivity (Wildman–Crippen MR) is 57.4 cm³/mol. The minimum absolute atomic E-state index is 0.0944. The second-order valence-electron chi connectivity index (χ2n) is 3.38. The highest BCUT2D eigenvalue weighted by Crippen LogP contribution is 2.23. The highest BCUT2D eigenvalue weighted by atomic mass is 35.5. The summed E-state index contributed by atoms with van der Waals surface area (Å²) in [4.78, 5) is 0. The molecule has 1 aromatic carbocycles. The zero-order valence-electron chi connectivity index (χ0n) is 8.31. The van der Waals surface area contributed by atoms with Gasteiger partial charge in [-0.15, -0.1) is 0 Å². The van der Waals surface area contributed by atoms with Gasteiger partial charge in [-0.25, -0.2) is 0 Å². The molecule has 0 aliphatic heterocycles. The van der Waals surface area contributed by atoms with Crippen molar-refractivity contribution >= 4 is 11.6 Å². The normalized spacial score (nSPS) is 14.3. The van der Waals surface area contributed by atoms with Crippen molar-refractivity contribution in [2.24, 2.45) is 0 Å². The van der Waals surface area contributed by atoms with Gasteiger partial charge < -0.3 is 10.2 Å². The average molecular weight is 226 g/mol. The maximum absolute atomic E-state index is 9.69. The first-order chi connectivity index (χ1) is 7.06. The van der Waals surface area contributed by atoms with Gasteiger partial charge in [-0.3, -0.25) is 0 Å². The summed E-state index contributed by atoms with van der Waals surface area (Å²) in [5.41, 5.74) is 1.40. The van der Waals surface area contributed by atoms with Gasteiger partial charge in [0.15, 0.2) is 0 Å². The molecule has 0 amide bonds. The lowest BCUT2D eigenvalue weighted by Crippen LogP contribution is -2.17. The number of nitrogens with zero attached hydrogens (tertiary/aromatic N) is 1. The molecule has 0 aliphatic rings. The van der Waals surface area contributed by atoms with E-state index in [9.17, 15) is 10.2 Å². The lowest BCUT2D eigenvalue weighted by Gasteiger charge is -2.16. The molecule has 0 heterocycles. The molecule has 0 saturated heterocycles. The molecule has 2 N–H and O–H groups in total. The molecule has 0 bridgehead atoms. The largest absolute Gasteiger partial charge is 0.389 e. The summed E-state index contributed by atoms with van der Waals surface area (Å²) in [5.74, 6) is 0. The van der Waals surface area contributed by atoms with E-state index in [0.29, 0.717) is 10.6 Å². The summed E-state index contributed by atoms with van der Waals surface area (Å²) in [6, 6.07) is 6.81. The Kier molecular flexibility index (Phi) is 4.10. The fourth-order valence-corrected chi connectivity index (χ4v) is 1.40. The number of aliphatic hydroxyl groups excluding tert-OH is 2. The monoisotopic (exact) mass is 225 g/mol. The standard InChI is InChI=1S/C11H12ClNO2/c1-7-6-8(2-3-9(7)12)11(15)10(14)4-5-13/h2-3,6,10-11,14-15H,4H2,1H3. The molecular weight excluding hydrogens is 214 g/mol. The van der Waals surface area contributed by atoms with Crippen LogP contribution < -0.4 is 0 Å². The lowest BCUT2D eigenvalue weighted by atomic mass is 10.0. The molecule has 0 saturated carbocycles. The van der Waals surface area contributed by atoms with Gasteiger partial charge in [-0.1, -0.05) is 23.7 Å². The number of rotatable bonds is 3. The zero-order valence-corrected chi connectivity index (χ0v) is 9.07. The number of aryl methyl sites for hydroxylation is 1. The molecular formula is C11H12ClNO2. The maximum Gasteiger partial charge on any atom is 0.106 e. The molecule has 1 aromatic rings. The summed E-state index contributed by atoms with van der Waals surface area (Å²) in [6.45, 7) is 1.81. The fourth-order valence-electron chi connectivity index (χ4n) is 1.28. The van der Waals surface area contributed by atoms with E-state index in [0.717, 1.165) is 5.56 Å². The van der Waals surface area contributed by atoms with Crippen LogP contribution in [0.1, 0.15) is 23.7 Å². The average Bonchev–Trinajstić information content (AvgIpc) is 2.21. The van der Waals surface area contributed by atoms with Gasteiger partial charge in [0.1, 0.15) is 6.10 Å². The molecule has 0 spiro atoms. The smallest absolute Gasteiger partial charge is 0.106 e. The number of aliphatic hydroxyl groups is 2. The predicted octanol–water partition coefficient (Wildman–Crippen LogP) is 1.96. The Labute approximate surface area is 93.5 Å². The van der Waals surface area contributed by atoms with Crippen LogP contribution in [0.25, 0.3) is 0 Å². The topological polar surface area (TPSA) is 64.2 Å².